The molecule has 1 aliphatic carbocycles. The molecule has 1 aliphatic heterocycles. The number of hydrogen-bond acceptors (Lipinski definition) is 10. The van der Waals surface area contributed by atoms with Gasteiger partial charge in [0.1, 0.15) is 0 Å². The number of nitrogens with one attached hydrogen (secondary N) is 3. The molecule has 218 valence electrons. The molecule has 1 aromatic carbocycles. The first kappa shape index (κ1) is 28.7. The molecule has 2 amide bonds. The number of carbonyl (C=O) groups excluding carboxylic acids is 2. The summed E-state index contributed by atoms with van der Waals surface area (Å²) in [5.74, 6) is 2.71. The normalized spacial score (nSPS) is 15.2. The maximum atomic E-state index is 12.6. The average Bonchev–Trinajstić information content (AvgIpc) is 3.72. The molecule has 1 saturated carbocycles. The van der Waals surface area contributed by atoms with E-state index in [2.05, 4.69) is 25.7 Å². The number of likely N-dealkylation sites (N-methyl/N-ethyl adjacent to an activating group) is 1. The Labute approximate surface area is 244 Å². The van der Waals surface area contributed by atoms with Crippen LogP contribution in [0.3, 0.4) is 0 Å². The first-order valence-corrected chi connectivity index (χ1v) is 14.7. The van der Waals surface area contributed by atoms with Crippen molar-refractivity contribution in [2.24, 2.45) is 5.92 Å². The van der Waals surface area contributed by atoms with E-state index in [0.29, 0.717) is 67.7 Å². The molecule has 2 aliphatic rings. The van der Waals surface area contributed by atoms with E-state index >= 15 is 0 Å². The molecule has 13 heteroatoms. The first-order valence-electron chi connectivity index (χ1n) is 13.9. The highest BCUT2D eigenvalue weighted by Crippen LogP contribution is 2.39. The summed E-state index contributed by atoms with van der Waals surface area (Å²) in [4.78, 5) is 41.4. The number of anilines is 4. The van der Waals surface area contributed by atoms with E-state index < -0.39 is 0 Å². The van der Waals surface area contributed by atoms with Gasteiger partial charge in [0.25, 0.3) is 0 Å². The molecule has 2 fully saturated rings. The van der Waals surface area contributed by atoms with E-state index in [1.165, 1.54) is 11.8 Å². The Bertz CT molecular complexity index is 1370. The molecule has 1 saturated heterocycles. The van der Waals surface area contributed by atoms with Crippen LogP contribution in [0.15, 0.2) is 40.4 Å². The molecule has 3 heterocycles. The van der Waals surface area contributed by atoms with Crippen LogP contribution < -0.4 is 20.3 Å². The molecule has 0 spiro atoms. The number of hydrogen-bond donors (Lipinski definition) is 3. The van der Waals surface area contributed by atoms with E-state index in [1.807, 2.05) is 68.1 Å². The molecular weight excluding hydrogens is 542 g/mol. The standard InChI is InChI=1S/C28H37N9O3S/c1-5-40-24-25(30-22-16-18(2)33-34-22)31-28(41-21-10-8-20(9-11-21)29-27(39)19-6-7-19)32-26(24)37-14-12-36(13-15-37)23(38)17-35(3)4/h8-11,16,19H,5-7,12-15,17H2,1-4H3,(H,29,39)(H2,30,31,32,33,34). The smallest absolute Gasteiger partial charge is 0.236 e. The van der Waals surface area contributed by atoms with E-state index in [4.69, 9.17) is 14.7 Å². The van der Waals surface area contributed by atoms with Crippen molar-refractivity contribution in [3.05, 3.63) is 36.0 Å². The highest BCUT2D eigenvalue weighted by molar-refractivity contribution is 7.99. The average molecular weight is 580 g/mol. The fourth-order valence-corrected chi connectivity index (χ4v) is 5.24. The zero-order valence-electron chi connectivity index (χ0n) is 23.9. The topological polar surface area (TPSA) is 132 Å². The SMILES string of the molecule is CCOc1c(Nc2cc(C)[nH]n2)nc(Sc2ccc(NC(=O)C3CC3)cc2)nc1N1CCN(C(=O)CN(C)C)CC1. The summed E-state index contributed by atoms with van der Waals surface area (Å²) >= 11 is 1.43. The lowest BCUT2D eigenvalue weighted by molar-refractivity contribution is -0.132. The third kappa shape index (κ3) is 7.47. The molecule has 2 aromatic heterocycles. The van der Waals surface area contributed by atoms with Crippen LogP contribution >= 0.6 is 11.8 Å². The van der Waals surface area contributed by atoms with Crippen molar-refractivity contribution in [2.45, 2.75) is 36.7 Å². The van der Waals surface area contributed by atoms with Crippen LogP contribution in [0.4, 0.5) is 23.1 Å². The molecule has 3 N–H and O–H groups in total. The van der Waals surface area contributed by atoms with Gasteiger partial charge in [-0.25, -0.2) is 9.97 Å². The number of H-pyrrole nitrogens is 1. The van der Waals surface area contributed by atoms with E-state index in [1.54, 1.807) is 0 Å². The second-order valence-corrected chi connectivity index (χ2v) is 11.5. The molecule has 0 unspecified atom stereocenters. The monoisotopic (exact) mass is 579 g/mol. The van der Waals surface area contributed by atoms with Gasteiger partial charge in [-0.1, -0.05) is 0 Å². The van der Waals surface area contributed by atoms with Gasteiger partial charge in [0, 0.05) is 54.4 Å². The van der Waals surface area contributed by atoms with Crippen LogP contribution in [0.2, 0.25) is 0 Å². The largest absolute Gasteiger partial charge is 0.487 e. The second kappa shape index (κ2) is 12.8. The highest BCUT2D eigenvalue weighted by Gasteiger charge is 2.30. The number of aryl methyl sites for hydroxylation is 1. The van der Waals surface area contributed by atoms with Crippen LogP contribution in [0.5, 0.6) is 5.75 Å². The van der Waals surface area contributed by atoms with Gasteiger partial charge >= 0.3 is 0 Å². The Morgan fingerprint density at radius 1 is 1.12 bits per heavy atom. The van der Waals surface area contributed by atoms with Crippen molar-refractivity contribution in [3.63, 3.8) is 0 Å². The predicted molar refractivity (Wildman–Crippen MR) is 159 cm³/mol. The summed E-state index contributed by atoms with van der Waals surface area (Å²) in [6.07, 6.45) is 1.93. The summed E-state index contributed by atoms with van der Waals surface area (Å²) in [6, 6.07) is 9.59. The quantitative estimate of drug-likeness (QED) is 0.291. The third-order valence-electron chi connectivity index (χ3n) is 6.73. The van der Waals surface area contributed by atoms with Crippen LogP contribution in [0.1, 0.15) is 25.5 Å². The van der Waals surface area contributed by atoms with Gasteiger partial charge < -0.3 is 30.1 Å². The fraction of sp³-hybridized carbons (Fsp3) is 0.464. The van der Waals surface area contributed by atoms with Gasteiger partial charge in [0.05, 0.1) is 13.2 Å². The number of nitrogens with zero attached hydrogens (tertiary/aromatic N) is 6. The fourth-order valence-electron chi connectivity index (χ4n) is 4.48. The number of amides is 2. The van der Waals surface area contributed by atoms with Crippen molar-refractivity contribution in [2.75, 3.05) is 69.0 Å². The number of rotatable bonds is 11. The minimum atomic E-state index is 0.0812. The molecule has 12 nitrogen and oxygen atoms in total. The van der Waals surface area contributed by atoms with E-state index in [-0.39, 0.29) is 17.7 Å². The highest BCUT2D eigenvalue weighted by atomic mass is 32.2. The van der Waals surface area contributed by atoms with E-state index in [9.17, 15) is 9.59 Å². The predicted octanol–water partition coefficient (Wildman–Crippen LogP) is 3.36. The first-order chi connectivity index (χ1) is 19.8. The summed E-state index contributed by atoms with van der Waals surface area (Å²) in [5.41, 5.74) is 1.69. The van der Waals surface area contributed by atoms with Crippen molar-refractivity contribution in [1.29, 1.82) is 0 Å². The van der Waals surface area contributed by atoms with Crippen molar-refractivity contribution in [3.8, 4) is 5.75 Å². The number of benzene rings is 1. The second-order valence-electron chi connectivity index (χ2n) is 10.5. The Balaban J connectivity index is 1.40. The number of aromatic nitrogens is 4. The van der Waals surface area contributed by atoms with Crippen LogP contribution in [-0.2, 0) is 9.59 Å². The lowest BCUT2D eigenvalue weighted by Crippen LogP contribution is -2.51. The summed E-state index contributed by atoms with van der Waals surface area (Å²) in [7, 11) is 3.80. The Hall–Kier alpha value is -3.84. The number of piperazine rings is 1. The number of ether oxygens (including phenoxy) is 1. The maximum Gasteiger partial charge on any atom is 0.236 e. The minimum absolute atomic E-state index is 0.0812. The third-order valence-corrected chi connectivity index (χ3v) is 7.60. The zero-order chi connectivity index (χ0) is 28.9. The van der Waals surface area contributed by atoms with Gasteiger partial charge in [-0.15, -0.1) is 0 Å². The number of aromatic amines is 1. The van der Waals surface area contributed by atoms with Gasteiger partial charge in [-0.2, -0.15) is 5.10 Å². The maximum absolute atomic E-state index is 12.6. The van der Waals surface area contributed by atoms with Gasteiger partial charge in [0.2, 0.25) is 17.6 Å². The molecule has 0 radical (unpaired) electrons. The molecule has 3 aromatic rings. The zero-order valence-corrected chi connectivity index (χ0v) is 24.8. The molecular formula is C28H37N9O3S. The van der Waals surface area contributed by atoms with Crippen molar-refractivity contribution in [1.82, 2.24) is 30.0 Å². The van der Waals surface area contributed by atoms with Crippen molar-refractivity contribution < 1.29 is 14.3 Å². The lowest BCUT2D eigenvalue weighted by Gasteiger charge is -2.36. The van der Waals surface area contributed by atoms with Crippen molar-refractivity contribution >= 4 is 46.7 Å². The van der Waals surface area contributed by atoms with Crippen LogP contribution in [-0.4, -0.2) is 95.2 Å². The molecule has 0 bridgehead atoms. The summed E-state index contributed by atoms with van der Waals surface area (Å²) in [5, 5.41) is 14.1. The molecule has 0 atom stereocenters. The van der Waals surface area contributed by atoms with Gasteiger partial charge in [0.15, 0.2) is 22.6 Å². The number of carbonyl (C=O) groups is 2. The summed E-state index contributed by atoms with van der Waals surface area (Å²) in [6.45, 7) is 7.12. The van der Waals surface area contributed by atoms with E-state index in [0.717, 1.165) is 29.1 Å². The van der Waals surface area contributed by atoms with Crippen LogP contribution in [0, 0.1) is 12.8 Å². The Morgan fingerprint density at radius 3 is 2.46 bits per heavy atom. The van der Waals surface area contributed by atoms with Gasteiger partial charge in [-0.05, 0) is 76.8 Å². The molecule has 41 heavy (non-hydrogen) atoms. The Morgan fingerprint density at radius 2 is 1.85 bits per heavy atom. The minimum Gasteiger partial charge on any atom is -0.487 e. The Kier molecular flexibility index (Phi) is 8.93. The van der Waals surface area contributed by atoms with Crippen LogP contribution in [0.25, 0.3) is 0 Å². The summed E-state index contributed by atoms with van der Waals surface area (Å²) < 4.78 is 6.11. The lowest BCUT2D eigenvalue weighted by atomic mass is 10.3. The molecule has 5 rings (SSSR count). The van der Waals surface area contributed by atoms with Gasteiger partial charge in [-0.3, -0.25) is 14.7 Å².